The van der Waals surface area contributed by atoms with Gasteiger partial charge in [0.1, 0.15) is 0 Å². The maximum absolute atomic E-state index is 11.9. The molecule has 2 aliphatic heterocycles. The van der Waals surface area contributed by atoms with Crippen LogP contribution in [0.3, 0.4) is 0 Å². The number of nitrogens with one attached hydrogen (secondary N) is 1. The summed E-state index contributed by atoms with van der Waals surface area (Å²) in [5.74, 6) is 0.960. The van der Waals surface area contributed by atoms with Gasteiger partial charge < -0.3 is 10.2 Å². The number of piperidine rings is 1. The molecule has 2 aliphatic rings. The normalized spacial score (nSPS) is 19.6. The molecular weight excluding hydrogens is 338 g/mol. The smallest absolute Gasteiger partial charge is 0.222 e. The van der Waals surface area contributed by atoms with Gasteiger partial charge in [0.25, 0.3) is 0 Å². The first kappa shape index (κ1) is 17.9. The van der Waals surface area contributed by atoms with E-state index in [2.05, 4.69) is 32.3 Å². The largest absolute Gasteiger partial charge is 0.350 e. The van der Waals surface area contributed by atoms with E-state index in [-0.39, 0.29) is 5.54 Å². The minimum absolute atomic E-state index is 0.106. The number of hydrogen-bond donors (Lipinski definition) is 1. The fraction of sp³-hybridized carbons (Fsp3) is 0.476. The van der Waals surface area contributed by atoms with Crippen LogP contribution in [0.2, 0.25) is 0 Å². The van der Waals surface area contributed by atoms with Crippen LogP contribution in [0, 0.1) is 0 Å². The zero-order chi connectivity index (χ0) is 18.7. The van der Waals surface area contributed by atoms with Crippen LogP contribution in [0.5, 0.6) is 0 Å². The summed E-state index contributed by atoms with van der Waals surface area (Å²) in [7, 11) is 1.97. The fourth-order valence-electron chi connectivity index (χ4n) is 4.22. The summed E-state index contributed by atoms with van der Waals surface area (Å²) in [5, 5.41) is 3.26. The van der Waals surface area contributed by atoms with Crippen LogP contribution in [-0.2, 0) is 17.9 Å². The number of amides is 1. The Morgan fingerprint density at radius 3 is 2.37 bits per heavy atom. The van der Waals surface area contributed by atoms with E-state index in [9.17, 15) is 4.79 Å². The van der Waals surface area contributed by atoms with E-state index in [1.54, 1.807) is 0 Å². The molecule has 4 rings (SSSR count). The van der Waals surface area contributed by atoms with Gasteiger partial charge in [-0.1, -0.05) is 30.3 Å². The number of carbonyl (C=O) groups excluding carboxylic acids is 1. The number of nitrogens with zero attached hydrogens (tertiary/aromatic N) is 4. The van der Waals surface area contributed by atoms with Gasteiger partial charge in [-0.3, -0.25) is 9.69 Å². The first-order valence-electron chi connectivity index (χ1n) is 9.72. The molecule has 0 aliphatic carbocycles. The van der Waals surface area contributed by atoms with Gasteiger partial charge in [-0.25, -0.2) is 9.97 Å². The molecule has 142 valence electrons. The van der Waals surface area contributed by atoms with Crippen molar-refractivity contribution < 1.29 is 4.79 Å². The number of rotatable bonds is 5. The molecule has 1 spiro atoms. The summed E-state index contributed by atoms with van der Waals surface area (Å²) in [4.78, 5) is 25.2. The molecule has 6 nitrogen and oxygen atoms in total. The highest BCUT2D eigenvalue weighted by atomic mass is 16.2. The highest BCUT2D eigenvalue weighted by Gasteiger charge is 2.44. The molecule has 3 heterocycles. The first-order chi connectivity index (χ1) is 13.1. The quantitative estimate of drug-likeness (QED) is 0.883. The van der Waals surface area contributed by atoms with Gasteiger partial charge in [0, 0.05) is 63.1 Å². The fourth-order valence-corrected chi connectivity index (χ4v) is 4.22. The lowest BCUT2D eigenvalue weighted by atomic mass is 9.85. The lowest BCUT2D eigenvalue weighted by molar-refractivity contribution is -0.130. The van der Waals surface area contributed by atoms with Crippen LogP contribution in [-0.4, -0.2) is 51.4 Å². The van der Waals surface area contributed by atoms with Crippen LogP contribution in [0.25, 0.3) is 0 Å². The Kier molecular flexibility index (Phi) is 5.07. The maximum atomic E-state index is 11.9. The van der Waals surface area contributed by atoms with Crippen molar-refractivity contribution in [2.24, 2.45) is 0 Å². The van der Waals surface area contributed by atoms with Crippen LogP contribution < -0.4 is 5.32 Å². The number of aromatic nitrogens is 2. The van der Waals surface area contributed by atoms with Crippen molar-refractivity contribution in [2.75, 3.05) is 25.5 Å². The number of anilines is 1. The van der Waals surface area contributed by atoms with Crippen molar-refractivity contribution >= 4 is 11.9 Å². The van der Waals surface area contributed by atoms with E-state index in [0.29, 0.717) is 18.3 Å². The number of benzene rings is 1. The van der Waals surface area contributed by atoms with Crippen LogP contribution in [0.15, 0.2) is 42.7 Å². The van der Waals surface area contributed by atoms with Crippen molar-refractivity contribution in [1.82, 2.24) is 19.8 Å². The Labute approximate surface area is 160 Å². The zero-order valence-corrected chi connectivity index (χ0v) is 15.9. The number of hydrogen-bond acceptors (Lipinski definition) is 5. The zero-order valence-electron chi connectivity index (χ0n) is 15.9. The molecule has 0 radical (unpaired) electrons. The van der Waals surface area contributed by atoms with Gasteiger partial charge in [0.2, 0.25) is 11.9 Å². The summed E-state index contributed by atoms with van der Waals surface area (Å²) in [6.07, 6.45) is 7.67. The Balaban J connectivity index is 1.27. The minimum atomic E-state index is 0.106. The van der Waals surface area contributed by atoms with Gasteiger partial charge in [0.05, 0.1) is 0 Å². The first-order valence-corrected chi connectivity index (χ1v) is 9.72. The third-order valence-corrected chi connectivity index (χ3v) is 6.08. The molecule has 0 saturated carbocycles. The molecule has 1 amide bonds. The maximum Gasteiger partial charge on any atom is 0.222 e. The monoisotopic (exact) mass is 365 g/mol. The molecular formula is C21H27N5O. The topological polar surface area (TPSA) is 61.4 Å². The van der Waals surface area contributed by atoms with Crippen LogP contribution in [0.4, 0.5) is 5.95 Å². The number of carbonyl (C=O) groups is 1. The van der Waals surface area contributed by atoms with Gasteiger partial charge in [-0.05, 0) is 24.8 Å². The summed E-state index contributed by atoms with van der Waals surface area (Å²) in [5.41, 5.74) is 2.45. The Hall–Kier alpha value is -2.47. The van der Waals surface area contributed by atoms with Crippen molar-refractivity contribution in [3.05, 3.63) is 53.9 Å². The molecule has 1 aromatic carbocycles. The average Bonchev–Trinajstić information content (AvgIpc) is 2.99. The molecule has 2 fully saturated rings. The predicted octanol–water partition coefficient (Wildman–Crippen LogP) is 2.68. The molecule has 0 atom stereocenters. The van der Waals surface area contributed by atoms with Crippen LogP contribution in [0.1, 0.15) is 36.8 Å². The Morgan fingerprint density at radius 1 is 1.04 bits per heavy atom. The third-order valence-electron chi connectivity index (χ3n) is 6.08. The predicted molar refractivity (Wildman–Crippen MR) is 105 cm³/mol. The van der Waals surface area contributed by atoms with Crippen molar-refractivity contribution in [1.29, 1.82) is 0 Å². The van der Waals surface area contributed by atoms with E-state index in [1.165, 1.54) is 5.56 Å². The molecule has 2 saturated heterocycles. The van der Waals surface area contributed by atoms with E-state index in [4.69, 9.17) is 0 Å². The second kappa shape index (κ2) is 7.64. The van der Waals surface area contributed by atoms with Gasteiger partial charge in [-0.15, -0.1) is 0 Å². The lowest BCUT2D eigenvalue weighted by Crippen LogP contribution is -2.51. The van der Waals surface area contributed by atoms with Crippen molar-refractivity contribution in [3.8, 4) is 0 Å². The summed E-state index contributed by atoms with van der Waals surface area (Å²) in [6.45, 7) is 3.63. The summed E-state index contributed by atoms with van der Waals surface area (Å²) in [6, 6.07) is 10.2. The molecule has 0 bridgehead atoms. The van der Waals surface area contributed by atoms with Gasteiger partial charge >= 0.3 is 0 Å². The highest BCUT2D eigenvalue weighted by molar-refractivity contribution is 5.79. The molecule has 1 N–H and O–H groups in total. The summed E-state index contributed by atoms with van der Waals surface area (Å²) < 4.78 is 0. The molecule has 1 aromatic heterocycles. The van der Waals surface area contributed by atoms with Crippen molar-refractivity contribution in [3.63, 3.8) is 0 Å². The molecule has 27 heavy (non-hydrogen) atoms. The second-order valence-electron chi connectivity index (χ2n) is 7.71. The molecule has 2 aromatic rings. The van der Waals surface area contributed by atoms with E-state index >= 15 is 0 Å². The van der Waals surface area contributed by atoms with E-state index in [1.807, 2.05) is 42.5 Å². The second-order valence-corrected chi connectivity index (χ2v) is 7.71. The SMILES string of the molecule is CN1C(=O)CCC12CCN(Cc1cnc(NCc3ccccc3)nc1)CC2. The molecule has 6 heteroatoms. The lowest BCUT2D eigenvalue weighted by Gasteiger charge is -2.43. The average molecular weight is 365 g/mol. The summed E-state index contributed by atoms with van der Waals surface area (Å²) >= 11 is 0. The standard InChI is InChI=1S/C21H27N5O/c1-25-19(27)7-8-21(25)9-11-26(12-10-21)16-18-14-23-20(24-15-18)22-13-17-5-3-2-4-6-17/h2-6,14-15H,7-13,16H2,1H3,(H,22,23,24). The van der Waals surface area contributed by atoms with E-state index in [0.717, 1.165) is 51.0 Å². The molecule has 0 unspecified atom stereocenters. The van der Waals surface area contributed by atoms with Gasteiger partial charge in [0.15, 0.2) is 0 Å². The Morgan fingerprint density at radius 2 is 1.74 bits per heavy atom. The van der Waals surface area contributed by atoms with Crippen molar-refractivity contribution in [2.45, 2.75) is 44.3 Å². The highest BCUT2D eigenvalue weighted by Crippen LogP contribution is 2.38. The Bertz CT molecular complexity index is 769. The van der Waals surface area contributed by atoms with Crippen LogP contribution >= 0.6 is 0 Å². The van der Waals surface area contributed by atoms with Gasteiger partial charge in [-0.2, -0.15) is 0 Å². The number of likely N-dealkylation sites (tertiary alicyclic amines) is 2. The minimum Gasteiger partial charge on any atom is -0.350 e. The van der Waals surface area contributed by atoms with E-state index < -0.39 is 0 Å². The third kappa shape index (κ3) is 3.95.